The van der Waals surface area contributed by atoms with E-state index in [-0.39, 0.29) is 11.9 Å². The maximum atomic E-state index is 11.6. The summed E-state index contributed by atoms with van der Waals surface area (Å²) >= 11 is 0. The molecule has 4 heteroatoms. The predicted molar refractivity (Wildman–Crippen MR) is 64.6 cm³/mol. The van der Waals surface area contributed by atoms with Crippen LogP contribution in [0.25, 0.3) is 0 Å². The summed E-state index contributed by atoms with van der Waals surface area (Å²) in [5.74, 6) is 0.722. The zero-order valence-electron chi connectivity index (χ0n) is 10.7. The summed E-state index contributed by atoms with van der Waals surface area (Å²) in [7, 11) is 0. The Kier molecular flexibility index (Phi) is 4.47. The molecule has 1 atom stereocenters. The number of rotatable bonds is 6. The molecule has 0 aromatic carbocycles. The SMILES string of the molecule is CCOC(CC)(CC)C1=NC(CC)C(=O)N1. The number of hydrogen-bond acceptors (Lipinski definition) is 3. The Bertz CT molecular complexity index is 283. The average molecular weight is 226 g/mol. The Morgan fingerprint density at radius 3 is 2.31 bits per heavy atom. The molecule has 92 valence electrons. The fourth-order valence-electron chi connectivity index (χ4n) is 2.09. The van der Waals surface area contributed by atoms with E-state index in [0.717, 1.165) is 25.1 Å². The lowest BCUT2D eigenvalue weighted by Gasteiger charge is -2.31. The maximum absolute atomic E-state index is 11.6. The molecule has 0 saturated carbocycles. The van der Waals surface area contributed by atoms with E-state index < -0.39 is 5.60 Å². The first-order chi connectivity index (χ1) is 7.63. The van der Waals surface area contributed by atoms with Crippen LogP contribution in [0.15, 0.2) is 4.99 Å². The van der Waals surface area contributed by atoms with Crippen molar-refractivity contribution >= 4 is 11.7 Å². The van der Waals surface area contributed by atoms with Crippen LogP contribution in [0.1, 0.15) is 47.0 Å². The van der Waals surface area contributed by atoms with Crippen molar-refractivity contribution < 1.29 is 9.53 Å². The van der Waals surface area contributed by atoms with Crippen LogP contribution in [-0.2, 0) is 9.53 Å². The lowest BCUT2D eigenvalue weighted by Crippen LogP contribution is -2.47. The average Bonchev–Trinajstić information content (AvgIpc) is 2.68. The zero-order chi connectivity index (χ0) is 12.2. The van der Waals surface area contributed by atoms with E-state index in [0.29, 0.717) is 6.61 Å². The highest BCUT2D eigenvalue weighted by Crippen LogP contribution is 2.25. The third kappa shape index (κ3) is 2.26. The maximum Gasteiger partial charge on any atom is 0.250 e. The molecule has 1 rings (SSSR count). The fraction of sp³-hybridized carbons (Fsp3) is 0.833. The van der Waals surface area contributed by atoms with Gasteiger partial charge in [0.15, 0.2) is 0 Å². The van der Waals surface area contributed by atoms with Gasteiger partial charge in [0.1, 0.15) is 17.5 Å². The summed E-state index contributed by atoms with van der Waals surface area (Å²) in [6.45, 7) is 8.69. The smallest absolute Gasteiger partial charge is 0.250 e. The van der Waals surface area contributed by atoms with Crippen LogP contribution in [0, 0.1) is 0 Å². The van der Waals surface area contributed by atoms with Crippen molar-refractivity contribution in [3.63, 3.8) is 0 Å². The lowest BCUT2D eigenvalue weighted by atomic mass is 9.95. The highest BCUT2D eigenvalue weighted by Gasteiger charge is 2.39. The number of nitrogens with one attached hydrogen (secondary N) is 1. The molecule has 1 N–H and O–H groups in total. The topological polar surface area (TPSA) is 50.7 Å². The minimum Gasteiger partial charge on any atom is -0.367 e. The van der Waals surface area contributed by atoms with Gasteiger partial charge in [0, 0.05) is 6.61 Å². The summed E-state index contributed by atoms with van der Waals surface area (Å²) in [5, 5.41) is 2.87. The van der Waals surface area contributed by atoms with E-state index in [1.165, 1.54) is 0 Å². The first kappa shape index (κ1) is 13.2. The molecule has 1 amide bonds. The van der Waals surface area contributed by atoms with Gasteiger partial charge in [-0.2, -0.15) is 0 Å². The molecule has 0 spiro atoms. The molecule has 1 heterocycles. The van der Waals surface area contributed by atoms with Crippen LogP contribution >= 0.6 is 0 Å². The number of ether oxygens (including phenoxy) is 1. The molecule has 4 nitrogen and oxygen atoms in total. The van der Waals surface area contributed by atoms with Crippen molar-refractivity contribution in [3.8, 4) is 0 Å². The second-order valence-electron chi connectivity index (χ2n) is 4.03. The third-order valence-corrected chi connectivity index (χ3v) is 3.21. The largest absolute Gasteiger partial charge is 0.367 e. The molecule has 0 aromatic rings. The summed E-state index contributed by atoms with van der Waals surface area (Å²) < 4.78 is 5.81. The minimum atomic E-state index is -0.408. The number of nitrogens with zero attached hydrogens (tertiary/aromatic N) is 1. The molecule has 1 aliphatic rings. The van der Waals surface area contributed by atoms with E-state index in [1.807, 2.05) is 13.8 Å². The van der Waals surface area contributed by atoms with Gasteiger partial charge >= 0.3 is 0 Å². The van der Waals surface area contributed by atoms with Crippen molar-refractivity contribution in [1.82, 2.24) is 5.32 Å². The fourth-order valence-corrected chi connectivity index (χ4v) is 2.09. The second-order valence-corrected chi connectivity index (χ2v) is 4.03. The molecular formula is C12H22N2O2. The Morgan fingerprint density at radius 1 is 1.31 bits per heavy atom. The summed E-state index contributed by atoms with van der Waals surface area (Å²) in [6, 6.07) is -0.229. The Balaban J connectivity index is 2.92. The van der Waals surface area contributed by atoms with Crippen LogP contribution in [0.5, 0.6) is 0 Å². The quantitative estimate of drug-likeness (QED) is 0.752. The van der Waals surface area contributed by atoms with Crippen molar-refractivity contribution in [2.24, 2.45) is 4.99 Å². The number of carbonyl (C=O) groups excluding carboxylic acids is 1. The van der Waals surface area contributed by atoms with Gasteiger partial charge in [-0.15, -0.1) is 0 Å². The molecule has 0 aliphatic carbocycles. The van der Waals surface area contributed by atoms with Gasteiger partial charge in [-0.05, 0) is 26.2 Å². The van der Waals surface area contributed by atoms with Gasteiger partial charge in [0.2, 0.25) is 5.91 Å². The van der Waals surface area contributed by atoms with Gasteiger partial charge < -0.3 is 10.1 Å². The first-order valence-electron chi connectivity index (χ1n) is 6.16. The van der Waals surface area contributed by atoms with Gasteiger partial charge in [-0.3, -0.25) is 9.79 Å². The van der Waals surface area contributed by atoms with E-state index in [2.05, 4.69) is 24.2 Å². The number of amides is 1. The monoisotopic (exact) mass is 226 g/mol. The lowest BCUT2D eigenvalue weighted by molar-refractivity contribution is -0.120. The zero-order valence-corrected chi connectivity index (χ0v) is 10.7. The van der Waals surface area contributed by atoms with Crippen molar-refractivity contribution in [1.29, 1.82) is 0 Å². The summed E-state index contributed by atoms with van der Waals surface area (Å²) in [6.07, 6.45) is 2.39. The highest BCUT2D eigenvalue weighted by atomic mass is 16.5. The normalized spacial score (nSPS) is 20.9. The number of hydrogen-bond donors (Lipinski definition) is 1. The van der Waals surface area contributed by atoms with E-state index in [1.54, 1.807) is 0 Å². The molecule has 1 unspecified atom stereocenters. The second kappa shape index (κ2) is 5.43. The van der Waals surface area contributed by atoms with Crippen LogP contribution in [-0.4, -0.2) is 30.0 Å². The van der Waals surface area contributed by atoms with E-state index in [4.69, 9.17) is 4.74 Å². The molecule has 0 radical (unpaired) electrons. The summed E-state index contributed by atoms with van der Waals surface area (Å²) in [5.41, 5.74) is -0.408. The van der Waals surface area contributed by atoms with Crippen LogP contribution in [0.3, 0.4) is 0 Å². The molecule has 0 fully saturated rings. The predicted octanol–water partition coefficient (Wildman–Crippen LogP) is 1.89. The molecular weight excluding hydrogens is 204 g/mol. The molecule has 1 aliphatic heterocycles. The van der Waals surface area contributed by atoms with Gasteiger partial charge in [0.25, 0.3) is 0 Å². The summed E-state index contributed by atoms with van der Waals surface area (Å²) in [4.78, 5) is 16.1. The molecule has 0 saturated heterocycles. The Labute approximate surface area is 97.5 Å². The third-order valence-electron chi connectivity index (χ3n) is 3.21. The number of carbonyl (C=O) groups is 1. The van der Waals surface area contributed by atoms with Crippen molar-refractivity contribution in [2.75, 3.05) is 6.61 Å². The standard InChI is InChI=1S/C12H22N2O2/c1-5-9-10(15)14-11(13-9)12(6-2,7-3)16-8-4/h9H,5-8H2,1-4H3,(H,13,14,15). The Hall–Kier alpha value is -0.900. The van der Waals surface area contributed by atoms with Crippen LogP contribution in [0.4, 0.5) is 0 Å². The van der Waals surface area contributed by atoms with Crippen molar-refractivity contribution in [3.05, 3.63) is 0 Å². The number of amidine groups is 1. The minimum absolute atomic E-state index is 0.00322. The molecule has 0 bridgehead atoms. The van der Waals surface area contributed by atoms with E-state index in [9.17, 15) is 4.79 Å². The van der Waals surface area contributed by atoms with Crippen LogP contribution < -0.4 is 5.32 Å². The molecule has 16 heavy (non-hydrogen) atoms. The number of aliphatic imine (C=N–C) groups is 1. The Morgan fingerprint density at radius 2 is 1.94 bits per heavy atom. The van der Waals surface area contributed by atoms with Crippen LogP contribution in [0.2, 0.25) is 0 Å². The van der Waals surface area contributed by atoms with Gasteiger partial charge in [0.05, 0.1) is 0 Å². The van der Waals surface area contributed by atoms with E-state index >= 15 is 0 Å². The van der Waals surface area contributed by atoms with Crippen molar-refractivity contribution in [2.45, 2.75) is 58.6 Å². The molecule has 0 aromatic heterocycles. The van der Waals surface area contributed by atoms with Gasteiger partial charge in [-0.25, -0.2) is 0 Å². The first-order valence-corrected chi connectivity index (χ1v) is 6.16. The van der Waals surface area contributed by atoms with Gasteiger partial charge in [-0.1, -0.05) is 20.8 Å². The highest BCUT2D eigenvalue weighted by molar-refractivity contribution is 6.09.